The van der Waals surface area contributed by atoms with Crippen molar-refractivity contribution in [2.75, 3.05) is 26.2 Å². The van der Waals surface area contributed by atoms with E-state index in [1.54, 1.807) is 11.3 Å². The molecule has 0 atom stereocenters. The van der Waals surface area contributed by atoms with Gasteiger partial charge < -0.3 is 11.1 Å². The molecule has 1 aromatic heterocycles. The predicted molar refractivity (Wildman–Crippen MR) is 65.4 cm³/mol. The summed E-state index contributed by atoms with van der Waals surface area (Å²) in [7, 11) is 0. The Morgan fingerprint density at radius 2 is 2.44 bits per heavy atom. The molecule has 5 heteroatoms. The monoisotopic (exact) mass is 239 g/mol. The molecule has 0 unspecified atom stereocenters. The summed E-state index contributed by atoms with van der Waals surface area (Å²) in [4.78, 5) is 14.9. The molecule has 2 rings (SSSR count). The van der Waals surface area contributed by atoms with Gasteiger partial charge in [-0.1, -0.05) is 6.07 Å². The zero-order valence-corrected chi connectivity index (χ0v) is 10.0. The molecule has 0 spiro atoms. The van der Waals surface area contributed by atoms with Crippen LogP contribution in [0.5, 0.6) is 0 Å². The number of carbonyl (C=O) groups excluding carboxylic acids is 1. The van der Waals surface area contributed by atoms with E-state index in [9.17, 15) is 4.79 Å². The summed E-state index contributed by atoms with van der Waals surface area (Å²) >= 11 is 1.73. The lowest BCUT2D eigenvalue weighted by atomic mass is 10.1. The van der Waals surface area contributed by atoms with Crippen LogP contribution in [0.4, 0.5) is 0 Å². The van der Waals surface area contributed by atoms with Gasteiger partial charge in [0.15, 0.2) is 0 Å². The van der Waals surface area contributed by atoms with E-state index in [1.807, 2.05) is 6.07 Å². The molecule has 1 fully saturated rings. The highest BCUT2D eigenvalue weighted by atomic mass is 32.1. The number of carbonyl (C=O) groups is 1. The smallest absolute Gasteiger partial charge is 0.234 e. The minimum absolute atomic E-state index is 0.100. The summed E-state index contributed by atoms with van der Waals surface area (Å²) in [5.74, 6) is 0.100. The highest BCUT2D eigenvalue weighted by Crippen LogP contribution is 2.08. The lowest BCUT2D eigenvalue weighted by Gasteiger charge is -2.36. The minimum Gasteiger partial charge on any atom is -0.355 e. The molecule has 1 amide bonds. The normalized spacial score (nSPS) is 17.1. The van der Waals surface area contributed by atoms with Crippen molar-refractivity contribution >= 4 is 17.2 Å². The molecule has 0 aliphatic carbocycles. The zero-order valence-electron chi connectivity index (χ0n) is 9.19. The van der Waals surface area contributed by atoms with E-state index in [4.69, 9.17) is 5.73 Å². The van der Waals surface area contributed by atoms with E-state index < -0.39 is 0 Å². The molecular formula is C11H17N3OS. The van der Waals surface area contributed by atoms with Crippen molar-refractivity contribution in [3.8, 4) is 0 Å². The van der Waals surface area contributed by atoms with Gasteiger partial charge in [0, 0.05) is 30.6 Å². The van der Waals surface area contributed by atoms with E-state index in [0.717, 1.165) is 26.1 Å². The van der Waals surface area contributed by atoms with Crippen LogP contribution in [0.2, 0.25) is 0 Å². The Balaban J connectivity index is 1.57. The van der Waals surface area contributed by atoms with Crippen LogP contribution in [-0.2, 0) is 11.2 Å². The average Bonchev–Trinajstić information content (AvgIpc) is 2.68. The maximum atomic E-state index is 11.5. The first kappa shape index (κ1) is 11.6. The van der Waals surface area contributed by atoms with Gasteiger partial charge in [-0.2, -0.15) is 0 Å². The number of rotatable bonds is 5. The average molecular weight is 239 g/mol. The third kappa shape index (κ3) is 3.30. The zero-order chi connectivity index (χ0) is 11.4. The number of amides is 1. The van der Waals surface area contributed by atoms with Crippen LogP contribution in [0.25, 0.3) is 0 Å². The Morgan fingerprint density at radius 1 is 1.62 bits per heavy atom. The number of nitrogens with one attached hydrogen (secondary N) is 1. The maximum Gasteiger partial charge on any atom is 0.234 e. The second-order valence-electron chi connectivity index (χ2n) is 4.13. The van der Waals surface area contributed by atoms with Gasteiger partial charge in [0.25, 0.3) is 0 Å². The number of likely N-dealkylation sites (tertiary alicyclic amines) is 1. The second kappa shape index (κ2) is 5.43. The molecule has 0 bridgehead atoms. The van der Waals surface area contributed by atoms with Crippen LogP contribution < -0.4 is 11.1 Å². The maximum absolute atomic E-state index is 11.5. The topological polar surface area (TPSA) is 58.4 Å². The summed E-state index contributed by atoms with van der Waals surface area (Å²) < 4.78 is 0. The second-order valence-corrected chi connectivity index (χ2v) is 5.17. The van der Waals surface area contributed by atoms with Gasteiger partial charge in [0.05, 0.1) is 6.54 Å². The lowest BCUT2D eigenvalue weighted by Crippen LogP contribution is -2.58. The SMILES string of the molecule is NC1CN(CC(=O)NCCc2cccs2)C1. The summed E-state index contributed by atoms with van der Waals surface area (Å²) in [5, 5.41) is 4.97. The molecule has 3 N–H and O–H groups in total. The van der Waals surface area contributed by atoms with Crippen molar-refractivity contribution in [2.24, 2.45) is 5.73 Å². The third-order valence-electron chi connectivity index (χ3n) is 2.63. The van der Waals surface area contributed by atoms with Gasteiger partial charge in [-0.15, -0.1) is 11.3 Å². The highest BCUT2D eigenvalue weighted by Gasteiger charge is 2.24. The fourth-order valence-corrected chi connectivity index (χ4v) is 2.49. The van der Waals surface area contributed by atoms with Gasteiger partial charge in [0.1, 0.15) is 0 Å². The Hall–Kier alpha value is -0.910. The Labute approximate surface area is 99.4 Å². The van der Waals surface area contributed by atoms with Crippen molar-refractivity contribution in [3.05, 3.63) is 22.4 Å². The molecule has 0 radical (unpaired) electrons. The fraction of sp³-hybridized carbons (Fsp3) is 0.545. The van der Waals surface area contributed by atoms with Crippen molar-refractivity contribution in [2.45, 2.75) is 12.5 Å². The molecule has 16 heavy (non-hydrogen) atoms. The Bertz CT molecular complexity index is 333. The molecule has 1 saturated heterocycles. The molecule has 1 aromatic rings. The van der Waals surface area contributed by atoms with E-state index in [2.05, 4.69) is 21.7 Å². The quantitative estimate of drug-likeness (QED) is 0.763. The van der Waals surface area contributed by atoms with Gasteiger partial charge in [-0.05, 0) is 17.9 Å². The van der Waals surface area contributed by atoms with Crippen molar-refractivity contribution in [3.63, 3.8) is 0 Å². The number of hydrogen-bond donors (Lipinski definition) is 2. The number of nitrogens with two attached hydrogens (primary N) is 1. The van der Waals surface area contributed by atoms with E-state index in [0.29, 0.717) is 6.54 Å². The summed E-state index contributed by atoms with van der Waals surface area (Å²) in [5.41, 5.74) is 5.64. The first-order valence-corrected chi connectivity index (χ1v) is 6.39. The van der Waals surface area contributed by atoms with Crippen LogP contribution in [0, 0.1) is 0 Å². The molecule has 1 aliphatic rings. The Morgan fingerprint density at radius 3 is 3.06 bits per heavy atom. The van der Waals surface area contributed by atoms with Gasteiger partial charge in [0.2, 0.25) is 5.91 Å². The highest BCUT2D eigenvalue weighted by molar-refractivity contribution is 7.09. The van der Waals surface area contributed by atoms with Gasteiger partial charge >= 0.3 is 0 Å². The summed E-state index contributed by atoms with van der Waals surface area (Å²) in [6.07, 6.45) is 0.920. The third-order valence-corrected chi connectivity index (χ3v) is 3.56. The van der Waals surface area contributed by atoms with Crippen molar-refractivity contribution in [1.29, 1.82) is 0 Å². The largest absolute Gasteiger partial charge is 0.355 e. The standard InChI is InChI=1S/C11H17N3OS/c12-9-6-14(7-9)8-11(15)13-4-3-10-2-1-5-16-10/h1-2,5,9H,3-4,6-8,12H2,(H,13,15). The molecule has 0 saturated carbocycles. The van der Waals surface area contributed by atoms with Crippen LogP contribution in [0.1, 0.15) is 4.88 Å². The van der Waals surface area contributed by atoms with Crippen LogP contribution in [0.3, 0.4) is 0 Å². The van der Waals surface area contributed by atoms with Crippen molar-refractivity contribution < 1.29 is 4.79 Å². The number of hydrogen-bond acceptors (Lipinski definition) is 4. The predicted octanol–water partition coefficient (Wildman–Crippen LogP) is 0.0497. The van der Waals surface area contributed by atoms with Gasteiger partial charge in [-0.25, -0.2) is 0 Å². The Kier molecular flexibility index (Phi) is 3.93. The molecule has 1 aliphatic heterocycles. The molecule has 2 heterocycles. The first-order chi connectivity index (χ1) is 7.74. The lowest BCUT2D eigenvalue weighted by molar-refractivity contribution is -0.123. The van der Waals surface area contributed by atoms with E-state index in [1.165, 1.54) is 4.88 Å². The van der Waals surface area contributed by atoms with Crippen LogP contribution in [0.15, 0.2) is 17.5 Å². The van der Waals surface area contributed by atoms with E-state index >= 15 is 0 Å². The van der Waals surface area contributed by atoms with E-state index in [-0.39, 0.29) is 11.9 Å². The van der Waals surface area contributed by atoms with Crippen LogP contribution >= 0.6 is 11.3 Å². The summed E-state index contributed by atoms with van der Waals surface area (Å²) in [6, 6.07) is 4.38. The summed E-state index contributed by atoms with van der Waals surface area (Å²) in [6.45, 7) is 2.90. The number of nitrogens with zero attached hydrogens (tertiary/aromatic N) is 1. The fourth-order valence-electron chi connectivity index (χ4n) is 1.78. The molecular weight excluding hydrogens is 222 g/mol. The molecule has 88 valence electrons. The molecule has 4 nitrogen and oxygen atoms in total. The first-order valence-electron chi connectivity index (χ1n) is 5.51. The van der Waals surface area contributed by atoms with Gasteiger partial charge in [-0.3, -0.25) is 9.69 Å². The van der Waals surface area contributed by atoms with Crippen LogP contribution in [-0.4, -0.2) is 43.0 Å². The molecule has 0 aromatic carbocycles. The minimum atomic E-state index is 0.100. The number of thiophene rings is 1. The van der Waals surface area contributed by atoms with Crippen molar-refractivity contribution in [1.82, 2.24) is 10.2 Å².